The van der Waals surface area contributed by atoms with Crippen LogP contribution in [-0.2, 0) is 13.9 Å². The lowest BCUT2D eigenvalue weighted by molar-refractivity contribution is -0.0512. The topological polar surface area (TPSA) is 120 Å². The van der Waals surface area contributed by atoms with E-state index in [0.717, 1.165) is 0 Å². The van der Waals surface area contributed by atoms with E-state index in [4.69, 9.17) is 19.0 Å². The van der Waals surface area contributed by atoms with E-state index >= 15 is 0 Å². The third-order valence-electron chi connectivity index (χ3n) is 5.01. The maximum absolute atomic E-state index is 12.0. The molecule has 3 atom stereocenters. The molecule has 9 nitrogen and oxygen atoms in total. The lowest BCUT2D eigenvalue weighted by Crippen LogP contribution is -2.44. The standard InChI is InChI=1S/C16H26N2O7Si/c1-16(2,3)26(4,5)23-9-11-10(25-15(21)22)8-13(24-11)18-7-6-12(19)17-14(18)20/h6-7,10-11,13H,8-9H2,1-5H3,(H,21,22)(H,17,19,20). The first-order valence-electron chi connectivity index (χ1n) is 8.41. The molecule has 10 heteroatoms. The molecule has 0 saturated carbocycles. The average Bonchev–Trinajstić information content (AvgIpc) is 2.86. The van der Waals surface area contributed by atoms with Crippen molar-refractivity contribution >= 4 is 14.5 Å². The summed E-state index contributed by atoms with van der Waals surface area (Å²) in [5.41, 5.74) is -1.14. The summed E-state index contributed by atoms with van der Waals surface area (Å²) in [5, 5.41) is 8.96. The first-order valence-corrected chi connectivity index (χ1v) is 11.3. The minimum absolute atomic E-state index is 0.00991. The van der Waals surface area contributed by atoms with Crippen LogP contribution in [0.15, 0.2) is 21.9 Å². The van der Waals surface area contributed by atoms with Gasteiger partial charge in [-0.2, -0.15) is 0 Å². The zero-order valence-electron chi connectivity index (χ0n) is 15.6. The smallest absolute Gasteiger partial charge is 0.450 e. The highest BCUT2D eigenvalue weighted by Gasteiger charge is 2.43. The van der Waals surface area contributed by atoms with Gasteiger partial charge in [0.25, 0.3) is 5.56 Å². The molecule has 1 aromatic heterocycles. The van der Waals surface area contributed by atoms with Gasteiger partial charge in [0.15, 0.2) is 8.32 Å². The fourth-order valence-corrected chi connectivity index (χ4v) is 3.45. The molecule has 1 fully saturated rings. The maximum atomic E-state index is 12.0. The summed E-state index contributed by atoms with van der Waals surface area (Å²) in [6.07, 6.45) is -2.07. The summed E-state index contributed by atoms with van der Waals surface area (Å²) < 4.78 is 18.1. The number of aromatic amines is 1. The predicted octanol–water partition coefficient (Wildman–Crippen LogP) is 1.91. The molecular weight excluding hydrogens is 360 g/mol. The number of hydrogen-bond acceptors (Lipinski definition) is 6. The molecule has 0 aromatic carbocycles. The van der Waals surface area contributed by atoms with Crippen LogP contribution in [0.25, 0.3) is 0 Å². The Morgan fingerprint density at radius 3 is 2.62 bits per heavy atom. The van der Waals surface area contributed by atoms with Crippen molar-refractivity contribution in [1.82, 2.24) is 9.55 Å². The number of nitrogens with one attached hydrogen (secondary N) is 1. The lowest BCUT2D eigenvalue weighted by Gasteiger charge is -2.37. The van der Waals surface area contributed by atoms with Gasteiger partial charge in [0.1, 0.15) is 18.4 Å². The highest BCUT2D eigenvalue weighted by atomic mass is 28.4. The fourth-order valence-electron chi connectivity index (χ4n) is 2.44. The Balaban J connectivity index is 2.17. The molecule has 2 heterocycles. The Bertz CT molecular complexity index is 765. The number of nitrogens with zero attached hydrogens (tertiary/aromatic N) is 1. The molecule has 0 spiro atoms. The Kier molecular flexibility index (Phi) is 5.78. The van der Waals surface area contributed by atoms with Gasteiger partial charge in [0.2, 0.25) is 0 Å². The van der Waals surface area contributed by atoms with Crippen molar-refractivity contribution in [2.24, 2.45) is 0 Å². The molecule has 1 aromatic rings. The third-order valence-corrected chi connectivity index (χ3v) is 9.51. The molecule has 3 unspecified atom stereocenters. The number of hydrogen-bond donors (Lipinski definition) is 2. The quantitative estimate of drug-likeness (QED) is 0.586. The average molecular weight is 386 g/mol. The first kappa shape index (κ1) is 20.4. The molecule has 1 aliphatic rings. The number of H-pyrrole nitrogens is 1. The number of carbonyl (C=O) groups is 1. The summed E-state index contributed by atoms with van der Waals surface area (Å²) in [6, 6.07) is 1.21. The third kappa shape index (κ3) is 4.62. The highest BCUT2D eigenvalue weighted by molar-refractivity contribution is 6.74. The highest BCUT2D eigenvalue weighted by Crippen LogP contribution is 2.38. The van der Waals surface area contributed by atoms with Crippen LogP contribution in [0, 0.1) is 0 Å². The van der Waals surface area contributed by atoms with Crippen molar-refractivity contribution in [1.29, 1.82) is 0 Å². The molecule has 146 valence electrons. The van der Waals surface area contributed by atoms with E-state index in [-0.39, 0.29) is 18.1 Å². The molecule has 2 rings (SSSR count). The van der Waals surface area contributed by atoms with Gasteiger partial charge in [-0.05, 0) is 18.1 Å². The van der Waals surface area contributed by atoms with E-state index in [2.05, 4.69) is 38.8 Å². The van der Waals surface area contributed by atoms with Crippen molar-refractivity contribution < 1.29 is 23.8 Å². The van der Waals surface area contributed by atoms with Crippen LogP contribution in [-0.4, -0.2) is 47.9 Å². The van der Waals surface area contributed by atoms with Gasteiger partial charge in [-0.25, -0.2) is 9.59 Å². The number of aromatic nitrogens is 2. The van der Waals surface area contributed by atoms with Crippen LogP contribution < -0.4 is 11.2 Å². The number of carboxylic acid groups (broad SMARTS) is 1. The van der Waals surface area contributed by atoms with Gasteiger partial charge in [-0.3, -0.25) is 14.3 Å². The molecule has 1 aliphatic heterocycles. The van der Waals surface area contributed by atoms with Crippen molar-refractivity contribution in [3.8, 4) is 0 Å². The Morgan fingerprint density at radius 2 is 2.08 bits per heavy atom. The number of rotatable bonds is 5. The van der Waals surface area contributed by atoms with Crippen LogP contribution in [0.5, 0.6) is 0 Å². The van der Waals surface area contributed by atoms with Crippen LogP contribution in [0.1, 0.15) is 33.4 Å². The van der Waals surface area contributed by atoms with Gasteiger partial charge < -0.3 is 19.0 Å². The van der Waals surface area contributed by atoms with E-state index in [0.29, 0.717) is 0 Å². The lowest BCUT2D eigenvalue weighted by atomic mass is 10.2. The SMILES string of the molecule is CC(C)(C)[Si](C)(C)OCC1OC(n2ccc(=O)[nH]c2=O)CC1OC(=O)O. The second-order valence-corrected chi connectivity index (χ2v) is 12.7. The summed E-state index contributed by atoms with van der Waals surface area (Å²) >= 11 is 0. The van der Waals surface area contributed by atoms with Gasteiger partial charge in [0, 0.05) is 18.7 Å². The second-order valence-electron chi connectivity index (χ2n) is 7.88. The van der Waals surface area contributed by atoms with E-state index in [9.17, 15) is 14.4 Å². The molecule has 0 amide bonds. The minimum atomic E-state index is -2.06. The molecule has 2 N–H and O–H groups in total. The van der Waals surface area contributed by atoms with Gasteiger partial charge in [0.05, 0.1) is 6.61 Å². The zero-order valence-corrected chi connectivity index (χ0v) is 16.6. The van der Waals surface area contributed by atoms with Crippen molar-refractivity contribution in [2.45, 2.75) is 63.8 Å². The fraction of sp³-hybridized carbons (Fsp3) is 0.688. The van der Waals surface area contributed by atoms with Gasteiger partial charge in [-0.15, -0.1) is 0 Å². The second kappa shape index (κ2) is 7.37. The molecule has 0 aliphatic carbocycles. The van der Waals surface area contributed by atoms with E-state index < -0.39 is 44.2 Å². The maximum Gasteiger partial charge on any atom is 0.506 e. The van der Waals surface area contributed by atoms with Gasteiger partial charge >= 0.3 is 11.8 Å². The zero-order chi connectivity index (χ0) is 19.7. The summed E-state index contributed by atoms with van der Waals surface area (Å²) in [5.74, 6) is 0. The van der Waals surface area contributed by atoms with E-state index in [1.54, 1.807) is 0 Å². The van der Waals surface area contributed by atoms with Gasteiger partial charge in [-0.1, -0.05) is 20.8 Å². The van der Waals surface area contributed by atoms with E-state index in [1.807, 2.05) is 0 Å². The Labute approximate surface area is 152 Å². The Hall–Kier alpha value is -1.91. The van der Waals surface area contributed by atoms with E-state index in [1.165, 1.54) is 16.8 Å². The largest absolute Gasteiger partial charge is 0.506 e. The summed E-state index contributed by atoms with van der Waals surface area (Å²) in [6.45, 7) is 10.6. The molecule has 0 radical (unpaired) electrons. The van der Waals surface area contributed by atoms with Crippen LogP contribution >= 0.6 is 0 Å². The van der Waals surface area contributed by atoms with Crippen molar-refractivity contribution in [3.63, 3.8) is 0 Å². The first-order chi connectivity index (χ1) is 11.9. The van der Waals surface area contributed by atoms with Crippen LogP contribution in [0.2, 0.25) is 18.1 Å². The number of ether oxygens (including phenoxy) is 2. The Morgan fingerprint density at radius 1 is 1.42 bits per heavy atom. The molecule has 26 heavy (non-hydrogen) atoms. The monoisotopic (exact) mass is 386 g/mol. The van der Waals surface area contributed by atoms with Crippen LogP contribution in [0.4, 0.5) is 4.79 Å². The molecule has 0 bridgehead atoms. The summed E-state index contributed by atoms with van der Waals surface area (Å²) in [7, 11) is -2.06. The predicted molar refractivity (Wildman–Crippen MR) is 95.9 cm³/mol. The molecule has 1 saturated heterocycles. The van der Waals surface area contributed by atoms with Crippen molar-refractivity contribution in [2.75, 3.05) is 6.61 Å². The van der Waals surface area contributed by atoms with Crippen LogP contribution in [0.3, 0.4) is 0 Å². The van der Waals surface area contributed by atoms with Crippen molar-refractivity contribution in [3.05, 3.63) is 33.1 Å². The normalized spacial score (nSPS) is 23.8. The minimum Gasteiger partial charge on any atom is -0.450 e. The molecular formula is C16H26N2O7Si. The summed E-state index contributed by atoms with van der Waals surface area (Å²) in [4.78, 5) is 36.3.